The van der Waals surface area contributed by atoms with E-state index in [1.165, 1.54) is 6.42 Å². The van der Waals surface area contributed by atoms with Crippen LogP contribution in [0.25, 0.3) is 0 Å². The molecule has 2 unspecified atom stereocenters. The normalized spacial score (nSPS) is 30.1. The Morgan fingerprint density at radius 3 is 2.76 bits per heavy atom. The zero-order valence-corrected chi connectivity index (χ0v) is 11.8. The summed E-state index contributed by atoms with van der Waals surface area (Å²) >= 11 is 5.74. The molecule has 0 spiro atoms. The maximum absolute atomic E-state index is 11.9. The molecule has 1 amide bonds. The van der Waals surface area contributed by atoms with E-state index in [-0.39, 0.29) is 11.8 Å². The second kappa shape index (κ2) is 5.57. The maximum atomic E-state index is 11.9. The average Bonchev–Trinajstić information content (AvgIpc) is 2.25. The van der Waals surface area contributed by atoms with Crippen molar-refractivity contribution in [2.75, 3.05) is 12.4 Å². The Morgan fingerprint density at radius 1 is 1.59 bits per heavy atom. The van der Waals surface area contributed by atoms with Gasteiger partial charge in [0.25, 0.3) is 0 Å². The summed E-state index contributed by atoms with van der Waals surface area (Å²) in [6, 6.07) is 0. The molecule has 1 saturated carbocycles. The molecule has 4 heteroatoms. The van der Waals surface area contributed by atoms with Crippen molar-refractivity contribution >= 4 is 17.5 Å². The Hall–Kier alpha value is -0.280. The predicted molar refractivity (Wildman–Crippen MR) is 70.1 cm³/mol. The van der Waals surface area contributed by atoms with Crippen molar-refractivity contribution in [3.05, 3.63) is 0 Å². The van der Waals surface area contributed by atoms with E-state index >= 15 is 0 Å². The Balaban J connectivity index is 2.47. The van der Waals surface area contributed by atoms with Crippen LogP contribution in [0, 0.1) is 11.3 Å². The average molecular weight is 262 g/mol. The first kappa shape index (κ1) is 14.8. The lowest BCUT2D eigenvalue weighted by molar-refractivity contribution is -0.130. The van der Waals surface area contributed by atoms with Crippen molar-refractivity contribution in [3.63, 3.8) is 0 Å². The van der Waals surface area contributed by atoms with Gasteiger partial charge in [-0.2, -0.15) is 0 Å². The lowest BCUT2D eigenvalue weighted by Gasteiger charge is -2.36. The zero-order valence-electron chi connectivity index (χ0n) is 11.1. The van der Waals surface area contributed by atoms with Gasteiger partial charge in [0.2, 0.25) is 5.91 Å². The highest BCUT2D eigenvalue weighted by atomic mass is 35.5. The van der Waals surface area contributed by atoms with Crippen molar-refractivity contribution < 1.29 is 9.90 Å². The maximum Gasteiger partial charge on any atom is 0.226 e. The van der Waals surface area contributed by atoms with Crippen LogP contribution in [-0.2, 0) is 4.79 Å². The van der Waals surface area contributed by atoms with E-state index in [0.29, 0.717) is 12.5 Å². The smallest absolute Gasteiger partial charge is 0.226 e. The third kappa shape index (κ3) is 4.14. The Labute approximate surface area is 109 Å². The van der Waals surface area contributed by atoms with Crippen LogP contribution in [-0.4, -0.2) is 29.0 Å². The summed E-state index contributed by atoms with van der Waals surface area (Å²) in [5.74, 6) is 0.735. The fourth-order valence-corrected chi connectivity index (χ4v) is 2.46. The molecular weight excluding hydrogens is 238 g/mol. The van der Waals surface area contributed by atoms with Crippen LogP contribution >= 0.6 is 11.6 Å². The number of aliphatic hydroxyl groups is 1. The Bertz CT molecular complexity index is 281. The molecule has 0 radical (unpaired) electrons. The van der Waals surface area contributed by atoms with Gasteiger partial charge in [0, 0.05) is 12.4 Å². The van der Waals surface area contributed by atoms with E-state index in [0.717, 1.165) is 19.3 Å². The van der Waals surface area contributed by atoms with Gasteiger partial charge in [-0.05, 0) is 32.6 Å². The van der Waals surface area contributed by atoms with Crippen LogP contribution in [0.1, 0.15) is 46.5 Å². The summed E-state index contributed by atoms with van der Waals surface area (Å²) in [6.07, 6.45) is 3.75. The molecule has 0 heterocycles. The van der Waals surface area contributed by atoms with Crippen molar-refractivity contribution in [2.45, 2.75) is 52.1 Å². The minimum Gasteiger partial charge on any atom is -0.388 e. The SMILES string of the molecule is CC1CCCC(O)(CNC(=O)C(C)(C)CCl)C1. The van der Waals surface area contributed by atoms with Crippen molar-refractivity contribution in [1.82, 2.24) is 5.32 Å². The number of carbonyl (C=O) groups is 1. The number of hydrogen-bond donors (Lipinski definition) is 2. The van der Waals surface area contributed by atoms with Crippen LogP contribution < -0.4 is 5.32 Å². The first-order valence-corrected chi connectivity index (χ1v) is 6.89. The van der Waals surface area contributed by atoms with E-state index in [4.69, 9.17) is 11.6 Å². The van der Waals surface area contributed by atoms with Gasteiger partial charge in [-0.25, -0.2) is 0 Å². The highest BCUT2D eigenvalue weighted by Gasteiger charge is 2.34. The van der Waals surface area contributed by atoms with Crippen molar-refractivity contribution in [3.8, 4) is 0 Å². The van der Waals surface area contributed by atoms with Crippen LogP contribution in [0.5, 0.6) is 0 Å². The molecule has 0 bridgehead atoms. The Kier molecular flexibility index (Phi) is 4.85. The molecule has 0 aromatic carbocycles. The Morgan fingerprint density at radius 2 is 2.24 bits per heavy atom. The van der Waals surface area contributed by atoms with E-state index in [2.05, 4.69) is 12.2 Å². The highest BCUT2D eigenvalue weighted by molar-refractivity contribution is 6.19. The fraction of sp³-hybridized carbons (Fsp3) is 0.923. The van der Waals surface area contributed by atoms with Gasteiger partial charge in [0.15, 0.2) is 0 Å². The number of carbonyl (C=O) groups excluding carboxylic acids is 1. The first-order valence-electron chi connectivity index (χ1n) is 6.36. The molecule has 0 aromatic rings. The summed E-state index contributed by atoms with van der Waals surface area (Å²) in [7, 11) is 0. The first-order chi connectivity index (χ1) is 7.79. The van der Waals surface area contributed by atoms with E-state index < -0.39 is 11.0 Å². The minimum atomic E-state index is -0.726. The van der Waals surface area contributed by atoms with Gasteiger partial charge in [0.05, 0.1) is 11.0 Å². The predicted octanol–water partition coefficient (Wildman–Crippen LogP) is 2.31. The van der Waals surface area contributed by atoms with E-state index in [1.807, 2.05) is 13.8 Å². The third-order valence-electron chi connectivity index (χ3n) is 3.59. The third-order valence-corrected chi connectivity index (χ3v) is 4.26. The van der Waals surface area contributed by atoms with Crippen LogP contribution in [0.2, 0.25) is 0 Å². The highest BCUT2D eigenvalue weighted by Crippen LogP contribution is 2.31. The van der Waals surface area contributed by atoms with Crippen molar-refractivity contribution in [1.29, 1.82) is 0 Å². The molecule has 2 N–H and O–H groups in total. The van der Waals surface area contributed by atoms with Gasteiger partial charge in [-0.15, -0.1) is 11.6 Å². The quantitative estimate of drug-likeness (QED) is 0.763. The topological polar surface area (TPSA) is 49.3 Å². The number of hydrogen-bond acceptors (Lipinski definition) is 2. The molecule has 0 saturated heterocycles. The van der Waals surface area contributed by atoms with E-state index in [1.54, 1.807) is 0 Å². The molecule has 1 aliphatic rings. The summed E-state index contributed by atoms with van der Waals surface area (Å²) in [4.78, 5) is 11.9. The van der Waals surface area contributed by atoms with E-state index in [9.17, 15) is 9.90 Å². The molecule has 3 nitrogen and oxygen atoms in total. The monoisotopic (exact) mass is 261 g/mol. The lowest BCUT2D eigenvalue weighted by atomic mass is 9.79. The molecule has 0 aromatic heterocycles. The largest absolute Gasteiger partial charge is 0.388 e. The number of nitrogens with one attached hydrogen (secondary N) is 1. The minimum absolute atomic E-state index is 0.0841. The van der Waals surface area contributed by atoms with Gasteiger partial charge < -0.3 is 10.4 Å². The molecular formula is C13H24ClNO2. The molecule has 2 atom stereocenters. The molecule has 17 heavy (non-hydrogen) atoms. The second-order valence-corrected chi connectivity index (χ2v) is 6.39. The summed E-state index contributed by atoms with van der Waals surface area (Å²) in [5, 5.41) is 13.2. The molecule has 1 fully saturated rings. The number of alkyl halides is 1. The number of amides is 1. The fourth-order valence-electron chi connectivity index (χ4n) is 2.34. The number of halogens is 1. The summed E-state index contributed by atoms with van der Waals surface area (Å²) in [5.41, 5.74) is -1.30. The van der Waals surface area contributed by atoms with Gasteiger partial charge in [0.1, 0.15) is 0 Å². The van der Waals surface area contributed by atoms with Crippen LogP contribution in [0.4, 0.5) is 0 Å². The van der Waals surface area contributed by atoms with Gasteiger partial charge >= 0.3 is 0 Å². The lowest BCUT2D eigenvalue weighted by Crippen LogP contribution is -2.49. The molecule has 1 aliphatic carbocycles. The zero-order chi connectivity index (χ0) is 13.1. The molecule has 100 valence electrons. The second-order valence-electron chi connectivity index (χ2n) is 6.13. The molecule has 1 rings (SSSR count). The summed E-state index contributed by atoms with van der Waals surface area (Å²) in [6.45, 7) is 6.11. The molecule has 0 aliphatic heterocycles. The summed E-state index contributed by atoms with van der Waals surface area (Å²) < 4.78 is 0. The van der Waals surface area contributed by atoms with Crippen molar-refractivity contribution in [2.24, 2.45) is 11.3 Å². The van der Waals surface area contributed by atoms with Gasteiger partial charge in [-0.3, -0.25) is 4.79 Å². The standard InChI is InChI=1S/C13H24ClNO2/c1-10-5-4-6-13(17,7-10)9-15-11(16)12(2,3)8-14/h10,17H,4-9H2,1-3H3,(H,15,16). The van der Waals surface area contributed by atoms with Crippen LogP contribution in [0.15, 0.2) is 0 Å². The van der Waals surface area contributed by atoms with Crippen LogP contribution in [0.3, 0.4) is 0 Å². The van der Waals surface area contributed by atoms with Gasteiger partial charge in [-0.1, -0.05) is 19.8 Å². The number of rotatable bonds is 4.